The van der Waals surface area contributed by atoms with E-state index in [1.165, 1.54) is 0 Å². The minimum Gasteiger partial charge on any atom is -0.266 e. The van der Waals surface area contributed by atoms with E-state index >= 15 is 0 Å². The molecule has 2 aromatic rings. The van der Waals surface area contributed by atoms with Gasteiger partial charge in [0, 0.05) is 7.05 Å². The molecule has 0 radical (unpaired) electrons. The summed E-state index contributed by atoms with van der Waals surface area (Å²) < 4.78 is 1.76. The average molecular weight is 172 g/mol. The van der Waals surface area contributed by atoms with Crippen LogP contribution in [-0.2, 0) is 7.05 Å². The molecule has 0 aliphatic rings. The lowest BCUT2D eigenvalue weighted by molar-refractivity contribution is 0.783. The van der Waals surface area contributed by atoms with E-state index in [0.29, 0.717) is 5.69 Å². The van der Waals surface area contributed by atoms with E-state index in [-0.39, 0.29) is 0 Å². The quantitative estimate of drug-likeness (QED) is 0.599. The lowest BCUT2D eigenvalue weighted by Gasteiger charge is -1.92. The van der Waals surface area contributed by atoms with E-state index in [4.69, 9.17) is 5.26 Å². The third-order valence-corrected chi connectivity index (χ3v) is 1.98. The van der Waals surface area contributed by atoms with Gasteiger partial charge < -0.3 is 0 Å². The predicted octanol–water partition coefficient (Wildman–Crippen LogP) is 1.15. The van der Waals surface area contributed by atoms with Crippen molar-refractivity contribution in [3.63, 3.8) is 0 Å². The normalized spacial score (nSPS) is 10.2. The second kappa shape index (κ2) is 2.56. The number of aryl methyl sites for hydroxylation is 2. The fraction of sp³-hybridized carbons (Fsp3) is 0.222. The van der Waals surface area contributed by atoms with Gasteiger partial charge in [0.05, 0.1) is 11.2 Å². The highest BCUT2D eigenvalue weighted by atomic mass is 15.3. The Balaban J connectivity index is 2.86. The molecule has 2 rings (SSSR count). The summed E-state index contributed by atoms with van der Waals surface area (Å²) in [4.78, 5) is 4.17. The maximum atomic E-state index is 8.66. The molecule has 0 aliphatic carbocycles. The molecular formula is C9H8N4. The molecule has 0 atom stereocenters. The van der Waals surface area contributed by atoms with Crippen LogP contribution in [0.15, 0.2) is 12.1 Å². The molecule has 0 aliphatic heterocycles. The van der Waals surface area contributed by atoms with Gasteiger partial charge in [-0.25, -0.2) is 4.98 Å². The largest absolute Gasteiger partial charge is 0.266 e. The van der Waals surface area contributed by atoms with Gasteiger partial charge in [-0.15, -0.1) is 0 Å². The molecule has 13 heavy (non-hydrogen) atoms. The van der Waals surface area contributed by atoms with Crippen molar-refractivity contribution in [2.24, 2.45) is 7.05 Å². The highest BCUT2D eigenvalue weighted by Gasteiger charge is 2.06. The number of nitrogens with zero attached hydrogens (tertiary/aromatic N) is 4. The molecule has 0 fully saturated rings. The molecule has 0 spiro atoms. The molecule has 0 amide bonds. The summed E-state index contributed by atoms with van der Waals surface area (Å²) in [5.41, 5.74) is 3.05. The number of rotatable bonds is 0. The lowest BCUT2D eigenvalue weighted by Crippen LogP contribution is -1.89. The van der Waals surface area contributed by atoms with Crippen LogP contribution in [0, 0.1) is 18.3 Å². The van der Waals surface area contributed by atoms with Gasteiger partial charge >= 0.3 is 0 Å². The fourth-order valence-corrected chi connectivity index (χ4v) is 1.37. The van der Waals surface area contributed by atoms with Crippen molar-refractivity contribution in [2.45, 2.75) is 6.92 Å². The highest BCUT2D eigenvalue weighted by molar-refractivity contribution is 5.77. The van der Waals surface area contributed by atoms with Gasteiger partial charge in [-0.05, 0) is 19.1 Å². The SMILES string of the molecule is Cc1nn(C)c2ccc(C#N)nc12. The van der Waals surface area contributed by atoms with Crippen molar-refractivity contribution in [1.82, 2.24) is 14.8 Å². The Morgan fingerprint density at radius 2 is 2.23 bits per heavy atom. The van der Waals surface area contributed by atoms with Crippen LogP contribution in [0.3, 0.4) is 0 Å². The summed E-state index contributed by atoms with van der Waals surface area (Å²) in [6, 6.07) is 5.57. The summed E-state index contributed by atoms with van der Waals surface area (Å²) in [5.74, 6) is 0. The molecule has 4 heteroatoms. The topological polar surface area (TPSA) is 54.5 Å². The van der Waals surface area contributed by atoms with Crippen LogP contribution in [0.5, 0.6) is 0 Å². The Morgan fingerprint density at radius 3 is 2.92 bits per heavy atom. The predicted molar refractivity (Wildman–Crippen MR) is 48.0 cm³/mol. The standard InChI is InChI=1S/C9H8N4/c1-6-9-8(13(2)12-6)4-3-7(5-10)11-9/h3-4H,1-2H3. The first-order chi connectivity index (χ1) is 6.22. The first-order valence-electron chi connectivity index (χ1n) is 3.93. The maximum Gasteiger partial charge on any atom is 0.141 e. The van der Waals surface area contributed by atoms with Crippen LogP contribution in [0.4, 0.5) is 0 Å². The first kappa shape index (κ1) is 7.74. The maximum absolute atomic E-state index is 8.66. The van der Waals surface area contributed by atoms with Gasteiger partial charge in [-0.1, -0.05) is 0 Å². The zero-order valence-corrected chi connectivity index (χ0v) is 7.44. The van der Waals surface area contributed by atoms with Crippen molar-refractivity contribution in [2.75, 3.05) is 0 Å². The van der Waals surface area contributed by atoms with Crippen LogP contribution >= 0.6 is 0 Å². The molecule has 0 saturated heterocycles. The lowest BCUT2D eigenvalue weighted by atomic mass is 10.3. The Morgan fingerprint density at radius 1 is 1.46 bits per heavy atom. The molecule has 64 valence electrons. The molecule has 0 unspecified atom stereocenters. The zero-order chi connectivity index (χ0) is 9.42. The van der Waals surface area contributed by atoms with Gasteiger partial charge in [0.15, 0.2) is 0 Å². The van der Waals surface area contributed by atoms with Crippen molar-refractivity contribution in [1.29, 1.82) is 5.26 Å². The van der Waals surface area contributed by atoms with Gasteiger partial charge in [-0.3, -0.25) is 4.68 Å². The molecule has 0 saturated carbocycles. The van der Waals surface area contributed by atoms with Crippen LogP contribution in [-0.4, -0.2) is 14.8 Å². The Hall–Kier alpha value is -1.89. The minimum atomic E-state index is 0.434. The van der Waals surface area contributed by atoms with Crippen molar-refractivity contribution in [3.05, 3.63) is 23.5 Å². The van der Waals surface area contributed by atoms with E-state index in [0.717, 1.165) is 16.7 Å². The second-order valence-electron chi connectivity index (χ2n) is 2.89. The van der Waals surface area contributed by atoms with Gasteiger partial charge in [0.2, 0.25) is 0 Å². The van der Waals surface area contributed by atoms with Crippen molar-refractivity contribution >= 4 is 11.0 Å². The van der Waals surface area contributed by atoms with Crippen LogP contribution in [0.1, 0.15) is 11.4 Å². The molecule has 0 N–H and O–H groups in total. The van der Waals surface area contributed by atoms with E-state index in [1.807, 2.05) is 26.1 Å². The summed E-state index contributed by atoms with van der Waals surface area (Å²) in [6.07, 6.45) is 0. The molecule has 2 aromatic heterocycles. The first-order valence-corrected chi connectivity index (χ1v) is 3.93. The number of hydrogen-bond donors (Lipinski definition) is 0. The van der Waals surface area contributed by atoms with Gasteiger partial charge in [-0.2, -0.15) is 10.4 Å². The molecule has 2 heterocycles. The van der Waals surface area contributed by atoms with E-state index in [9.17, 15) is 0 Å². The summed E-state index contributed by atoms with van der Waals surface area (Å²) in [6.45, 7) is 1.89. The Bertz CT molecular complexity index is 504. The molecule has 0 bridgehead atoms. The monoisotopic (exact) mass is 172 g/mol. The Kier molecular flexibility index (Phi) is 1.52. The third kappa shape index (κ3) is 1.05. The van der Waals surface area contributed by atoms with Crippen LogP contribution in [0.25, 0.3) is 11.0 Å². The summed E-state index contributed by atoms with van der Waals surface area (Å²) in [5, 5.41) is 12.9. The summed E-state index contributed by atoms with van der Waals surface area (Å²) in [7, 11) is 1.86. The van der Waals surface area contributed by atoms with Crippen molar-refractivity contribution in [3.8, 4) is 6.07 Å². The zero-order valence-electron chi connectivity index (χ0n) is 7.44. The molecule has 0 aromatic carbocycles. The molecular weight excluding hydrogens is 164 g/mol. The van der Waals surface area contributed by atoms with Gasteiger partial charge in [0.1, 0.15) is 17.3 Å². The number of aromatic nitrogens is 3. The van der Waals surface area contributed by atoms with Crippen LogP contribution in [0.2, 0.25) is 0 Å². The number of hydrogen-bond acceptors (Lipinski definition) is 3. The number of fused-ring (bicyclic) bond motifs is 1. The van der Waals surface area contributed by atoms with E-state index in [2.05, 4.69) is 10.1 Å². The number of nitriles is 1. The number of pyridine rings is 1. The fourth-order valence-electron chi connectivity index (χ4n) is 1.37. The third-order valence-electron chi connectivity index (χ3n) is 1.98. The average Bonchev–Trinajstić information content (AvgIpc) is 2.42. The van der Waals surface area contributed by atoms with Gasteiger partial charge in [0.25, 0.3) is 0 Å². The minimum absolute atomic E-state index is 0.434. The molecule has 4 nitrogen and oxygen atoms in total. The highest BCUT2D eigenvalue weighted by Crippen LogP contribution is 2.14. The van der Waals surface area contributed by atoms with Crippen LogP contribution < -0.4 is 0 Å². The van der Waals surface area contributed by atoms with E-state index < -0.39 is 0 Å². The summed E-state index contributed by atoms with van der Waals surface area (Å²) >= 11 is 0. The smallest absolute Gasteiger partial charge is 0.141 e. The van der Waals surface area contributed by atoms with Crippen molar-refractivity contribution < 1.29 is 0 Å². The van der Waals surface area contributed by atoms with E-state index in [1.54, 1.807) is 10.7 Å². The second-order valence-corrected chi connectivity index (χ2v) is 2.89. The Labute approximate surface area is 75.4 Å².